The highest BCUT2D eigenvalue weighted by molar-refractivity contribution is 7.03. The Balaban J connectivity index is 1.50. The maximum absolute atomic E-state index is 13.4. The Morgan fingerprint density at radius 2 is 2.00 bits per heavy atom. The van der Waals surface area contributed by atoms with E-state index in [4.69, 9.17) is 0 Å². The Labute approximate surface area is 169 Å². The largest absolute Gasteiger partial charge is 0.340 e. The van der Waals surface area contributed by atoms with Gasteiger partial charge in [-0.2, -0.15) is 0 Å². The highest BCUT2D eigenvalue weighted by Crippen LogP contribution is 2.39. The molecule has 1 amide bonds. The van der Waals surface area contributed by atoms with Gasteiger partial charge < -0.3 is 4.90 Å². The fourth-order valence-corrected chi connectivity index (χ4v) is 5.21. The van der Waals surface area contributed by atoms with E-state index in [-0.39, 0.29) is 23.6 Å². The molecule has 0 bridgehead atoms. The number of piperidine rings is 1. The van der Waals surface area contributed by atoms with Crippen LogP contribution in [0.25, 0.3) is 0 Å². The summed E-state index contributed by atoms with van der Waals surface area (Å²) in [6.07, 6.45) is 4.72. The monoisotopic (exact) mass is 402 g/mol. The highest BCUT2D eigenvalue weighted by atomic mass is 32.1. The van der Waals surface area contributed by atoms with Gasteiger partial charge in [-0.05, 0) is 55.0 Å². The zero-order chi connectivity index (χ0) is 19.5. The number of likely N-dealkylation sites (tertiary alicyclic amines) is 2. The minimum atomic E-state index is -0.239. The summed E-state index contributed by atoms with van der Waals surface area (Å²) in [4.78, 5) is 17.4. The van der Waals surface area contributed by atoms with E-state index in [2.05, 4.69) is 21.4 Å². The maximum Gasteiger partial charge on any atom is 0.236 e. The second kappa shape index (κ2) is 8.66. The third-order valence-electron chi connectivity index (χ3n) is 6.29. The first-order valence-electron chi connectivity index (χ1n) is 10.2. The molecule has 0 N–H and O–H groups in total. The van der Waals surface area contributed by atoms with Crippen molar-refractivity contribution in [1.82, 2.24) is 19.4 Å². The van der Waals surface area contributed by atoms with Gasteiger partial charge in [-0.1, -0.05) is 30.0 Å². The lowest BCUT2D eigenvalue weighted by molar-refractivity contribution is -0.132. The predicted molar refractivity (Wildman–Crippen MR) is 108 cm³/mol. The number of nitrogens with zero attached hydrogens (tertiary/aromatic N) is 4. The summed E-state index contributed by atoms with van der Waals surface area (Å²) in [5.41, 5.74) is 1.98. The van der Waals surface area contributed by atoms with Crippen LogP contribution in [0.4, 0.5) is 4.39 Å². The van der Waals surface area contributed by atoms with E-state index in [1.807, 2.05) is 22.4 Å². The number of benzene rings is 1. The van der Waals surface area contributed by atoms with Gasteiger partial charge in [-0.3, -0.25) is 9.69 Å². The van der Waals surface area contributed by atoms with E-state index < -0.39 is 0 Å². The molecule has 150 valence electrons. The summed E-state index contributed by atoms with van der Waals surface area (Å²) < 4.78 is 17.4. The number of halogens is 1. The Kier molecular flexibility index (Phi) is 6.01. The molecular formula is C21H27FN4OS. The molecular weight excluding hydrogens is 375 g/mol. The van der Waals surface area contributed by atoms with Crippen molar-refractivity contribution in [2.24, 2.45) is 0 Å². The molecule has 0 radical (unpaired) electrons. The van der Waals surface area contributed by atoms with Crippen LogP contribution < -0.4 is 0 Å². The maximum atomic E-state index is 13.4. The lowest BCUT2D eigenvalue weighted by Gasteiger charge is -2.35. The summed E-state index contributed by atoms with van der Waals surface area (Å²) in [7, 11) is 0. The molecule has 3 heterocycles. The molecule has 2 saturated heterocycles. The summed E-state index contributed by atoms with van der Waals surface area (Å²) in [6, 6.07) is 7.18. The van der Waals surface area contributed by atoms with Gasteiger partial charge in [0.2, 0.25) is 5.91 Å². The average molecular weight is 403 g/mol. The normalized spacial score (nSPS) is 25.9. The number of hydrogen-bond donors (Lipinski definition) is 0. The number of hydrogen-bond acceptors (Lipinski definition) is 5. The van der Waals surface area contributed by atoms with Crippen molar-refractivity contribution in [2.45, 2.75) is 50.5 Å². The first-order valence-corrected chi connectivity index (χ1v) is 11.0. The molecule has 7 heteroatoms. The third-order valence-corrected chi connectivity index (χ3v) is 6.81. The minimum Gasteiger partial charge on any atom is -0.340 e. The molecule has 2 aromatic rings. The predicted octanol–water partition coefficient (Wildman–Crippen LogP) is 3.65. The Hall–Kier alpha value is -1.86. The second-order valence-electron chi connectivity index (χ2n) is 7.92. The Morgan fingerprint density at radius 1 is 1.21 bits per heavy atom. The fraction of sp³-hybridized carbons (Fsp3) is 0.571. The van der Waals surface area contributed by atoms with Crippen LogP contribution in [0.15, 0.2) is 29.6 Å². The zero-order valence-corrected chi connectivity index (χ0v) is 17.1. The fourth-order valence-electron chi connectivity index (χ4n) is 4.69. The zero-order valence-electron chi connectivity index (χ0n) is 16.3. The van der Waals surface area contributed by atoms with Gasteiger partial charge in [0, 0.05) is 36.3 Å². The smallest absolute Gasteiger partial charge is 0.236 e. The van der Waals surface area contributed by atoms with E-state index in [1.54, 1.807) is 0 Å². The van der Waals surface area contributed by atoms with Crippen molar-refractivity contribution in [1.29, 1.82) is 0 Å². The van der Waals surface area contributed by atoms with Crippen LogP contribution >= 0.6 is 11.5 Å². The van der Waals surface area contributed by atoms with E-state index in [0.717, 1.165) is 24.2 Å². The molecule has 2 aliphatic rings. The van der Waals surface area contributed by atoms with E-state index in [9.17, 15) is 9.18 Å². The van der Waals surface area contributed by atoms with E-state index in [1.165, 1.54) is 42.9 Å². The lowest BCUT2D eigenvalue weighted by Crippen LogP contribution is -2.46. The first kappa shape index (κ1) is 19.5. The third kappa shape index (κ3) is 4.10. The minimum absolute atomic E-state index is 0.108. The molecule has 5 nitrogen and oxygen atoms in total. The van der Waals surface area contributed by atoms with Gasteiger partial charge in [0.1, 0.15) is 5.82 Å². The van der Waals surface area contributed by atoms with Gasteiger partial charge >= 0.3 is 0 Å². The van der Waals surface area contributed by atoms with Gasteiger partial charge in [0.25, 0.3) is 0 Å². The van der Waals surface area contributed by atoms with E-state index in [0.29, 0.717) is 25.7 Å². The molecule has 1 aromatic heterocycles. The van der Waals surface area contributed by atoms with Crippen molar-refractivity contribution >= 4 is 17.4 Å². The van der Waals surface area contributed by atoms with Crippen LogP contribution in [0.5, 0.6) is 0 Å². The van der Waals surface area contributed by atoms with Crippen molar-refractivity contribution in [3.63, 3.8) is 0 Å². The Morgan fingerprint density at radius 3 is 2.71 bits per heavy atom. The van der Waals surface area contributed by atoms with Crippen molar-refractivity contribution in [3.05, 3.63) is 46.7 Å². The number of amides is 1. The SMILES string of the molecule is CCC1CCCCN1CC(=O)N1C[C@@H](c2ccc(F)cc2)[C@H](c2csnn2)C1. The molecule has 2 aliphatic heterocycles. The highest BCUT2D eigenvalue weighted by Gasteiger charge is 2.39. The van der Waals surface area contributed by atoms with Gasteiger partial charge in [-0.15, -0.1) is 5.10 Å². The second-order valence-corrected chi connectivity index (χ2v) is 8.53. The van der Waals surface area contributed by atoms with Gasteiger partial charge in [0.15, 0.2) is 0 Å². The number of carbonyl (C=O) groups excluding carboxylic acids is 1. The van der Waals surface area contributed by atoms with Crippen molar-refractivity contribution < 1.29 is 9.18 Å². The van der Waals surface area contributed by atoms with Crippen LogP contribution in [0, 0.1) is 5.82 Å². The molecule has 1 unspecified atom stereocenters. The number of rotatable bonds is 5. The van der Waals surface area contributed by atoms with Crippen LogP contribution in [-0.2, 0) is 4.79 Å². The summed E-state index contributed by atoms with van der Waals surface area (Å²) >= 11 is 1.33. The molecule has 0 spiro atoms. The molecule has 2 fully saturated rings. The topological polar surface area (TPSA) is 49.3 Å². The molecule has 0 aliphatic carbocycles. The summed E-state index contributed by atoms with van der Waals surface area (Å²) in [5.74, 6) is 0.184. The van der Waals surface area contributed by atoms with Crippen LogP contribution in [-0.4, -0.2) is 57.5 Å². The van der Waals surface area contributed by atoms with Crippen molar-refractivity contribution in [2.75, 3.05) is 26.2 Å². The average Bonchev–Trinajstić information content (AvgIpc) is 3.39. The molecule has 4 rings (SSSR count). The van der Waals surface area contributed by atoms with Crippen LogP contribution in [0.2, 0.25) is 0 Å². The molecule has 3 atom stereocenters. The van der Waals surface area contributed by atoms with Gasteiger partial charge in [0.05, 0.1) is 12.2 Å². The summed E-state index contributed by atoms with van der Waals surface area (Å²) in [6.45, 7) is 5.02. The molecule has 1 aromatic carbocycles. The Bertz CT molecular complexity index is 782. The van der Waals surface area contributed by atoms with Crippen molar-refractivity contribution in [3.8, 4) is 0 Å². The number of aromatic nitrogens is 2. The quantitative estimate of drug-likeness (QED) is 0.766. The molecule has 0 saturated carbocycles. The van der Waals surface area contributed by atoms with Gasteiger partial charge in [-0.25, -0.2) is 4.39 Å². The van der Waals surface area contributed by atoms with Crippen LogP contribution in [0.3, 0.4) is 0 Å². The van der Waals surface area contributed by atoms with E-state index >= 15 is 0 Å². The lowest BCUT2D eigenvalue weighted by atomic mass is 9.87. The number of carbonyl (C=O) groups is 1. The summed E-state index contributed by atoms with van der Waals surface area (Å²) in [5, 5.41) is 6.24. The standard InChI is InChI=1S/C21H27FN4OS/c1-2-17-5-3-4-10-25(17)13-21(27)26-11-18(15-6-8-16(22)9-7-15)19(12-26)20-14-28-24-23-20/h6-9,14,17-19H,2-5,10-13H2,1H3/t17?,18-,19+/m0/s1. The molecule has 28 heavy (non-hydrogen) atoms. The van der Waals surface area contributed by atoms with Crippen LogP contribution in [0.1, 0.15) is 55.7 Å². The first-order chi connectivity index (χ1) is 13.7.